The lowest BCUT2D eigenvalue weighted by Crippen LogP contribution is -2.21. The lowest BCUT2D eigenvalue weighted by Gasteiger charge is -2.21. The van der Waals surface area contributed by atoms with Crippen LogP contribution >= 0.6 is 23.2 Å². The van der Waals surface area contributed by atoms with Gasteiger partial charge in [0.25, 0.3) is 5.56 Å². The zero-order valence-electron chi connectivity index (χ0n) is 18.9. The Bertz CT molecular complexity index is 1650. The van der Waals surface area contributed by atoms with Crippen molar-refractivity contribution in [3.8, 4) is 33.5 Å². The Balaban J connectivity index is 2.05. The SMILES string of the molecule is Cc1c(-c2cccc(Cl)c2)c2c(-c3cncn3C)c(-c3ccc(Cl)cc3N)ccc2n(C)c1=O. The van der Waals surface area contributed by atoms with Gasteiger partial charge in [0.1, 0.15) is 0 Å². The Labute approximate surface area is 207 Å². The first kappa shape index (κ1) is 22.3. The number of imidazole rings is 1. The van der Waals surface area contributed by atoms with E-state index in [9.17, 15) is 4.79 Å². The third-order valence-electron chi connectivity index (χ3n) is 6.29. The number of rotatable bonds is 3. The highest BCUT2D eigenvalue weighted by Gasteiger charge is 2.23. The van der Waals surface area contributed by atoms with Gasteiger partial charge in [-0.15, -0.1) is 0 Å². The lowest BCUT2D eigenvalue weighted by atomic mass is 9.87. The Hall–Kier alpha value is -3.54. The maximum absolute atomic E-state index is 13.3. The van der Waals surface area contributed by atoms with Crippen molar-refractivity contribution < 1.29 is 0 Å². The molecule has 34 heavy (non-hydrogen) atoms. The summed E-state index contributed by atoms with van der Waals surface area (Å²) in [5, 5.41) is 2.10. The van der Waals surface area contributed by atoms with E-state index in [1.807, 2.05) is 73.3 Å². The number of benzene rings is 3. The van der Waals surface area contributed by atoms with Gasteiger partial charge in [0, 0.05) is 57.5 Å². The van der Waals surface area contributed by atoms with Crippen LogP contribution in [0.25, 0.3) is 44.4 Å². The maximum atomic E-state index is 13.3. The minimum Gasteiger partial charge on any atom is -0.398 e. The highest BCUT2D eigenvalue weighted by Crippen LogP contribution is 2.44. The van der Waals surface area contributed by atoms with E-state index in [0.717, 1.165) is 44.4 Å². The average Bonchev–Trinajstić information content (AvgIpc) is 3.23. The van der Waals surface area contributed by atoms with Crippen LogP contribution in [0.2, 0.25) is 10.0 Å². The predicted molar refractivity (Wildman–Crippen MR) is 141 cm³/mol. The van der Waals surface area contributed by atoms with Gasteiger partial charge < -0.3 is 14.9 Å². The monoisotopic (exact) mass is 488 g/mol. The second-order valence-corrected chi connectivity index (χ2v) is 9.25. The fraction of sp³-hybridized carbons (Fsp3) is 0.111. The van der Waals surface area contributed by atoms with E-state index >= 15 is 0 Å². The van der Waals surface area contributed by atoms with Crippen LogP contribution in [0.3, 0.4) is 0 Å². The van der Waals surface area contributed by atoms with E-state index in [1.165, 1.54) is 0 Å². The zero-order chi connectivity index (χ0) is 24.1. The molecule has 7 heteroatoms. The first-order chi connectivity index (χ1) is 16.3. The van der Waals surface area contributed by atoms with Crippen molar-refractivity contribution in [1.29, 1.82) is 0 Å². The molecule has 5 rings (SSSR count). The molecule has 2 N–H and O–H groups in total. The summed E-state index contributed by atoms with van der Waals surface area (Å²) in [6, 6.07) is 17.0. The number of halogens is 2. The van der Waals surface area contributed by atoms with Crippen molar-refractivity contribution >= 4 is 39.8 Å². The molecule has 170 valence electrons. The maximum Gasteiger partial charge on any atom is 0.254 e. The van der Waals surface area contributed by atoms with Crippen LogP contribution in [-0.4, -0.2) is 14.1 Å². The largest absolute Gasteiger partial charge is 0.398 e. The molecule has 0 saturated heterocycles. The third-order valence-corrected chi connectivity index (χ3v) is 6.76. The van der Waals surface area contributed by atoms with E-state index < -0.39 is 0 Å². The van der Waals surface area contributed by atoms with Gasteiger partial charge in [-0.2, -0.15) is 0 Å². The minimum absolute atomic E-state index is 0.0582. The number of aromatic nitrogens is 3. The van der Waals surface area contributed by atoms with E-state index in [2.05, 4.69) is 4.98 Å². The van der Waals surface area contributed by atoms with Gasteiger partial charge in [0.2, 0.25) is 0 Å². The molecule has 5 nitrogen and oxygen atoms in total. The number of nitrogens with zero attached hydrogens (tertiary/aromatic N) is 3. The molecule has 0 fully saturated rings. The van der Waals surface area contributed by atoms with E-state index in [0.29, 0.717) is 21.3 Å². The van der Waals surface area contributed by atoms with Crippen LogP contribution in [0.5, 0.6) is 0 Å². The molecular weight excluding hydrogens is 467 g/mol. The molecule has 2 heterocycles. The highest BCUT2D eigenvalue weighted by molar-refractivity contribution is 6.31. The fourth-order valence-electron chi connectivity index (χ4n) is 4.65. The second kappa shape index (κ2) is 8.35. The van der Waals surface area contributed by atoms with Crippen molar-refractivity contribution in [2.75, 3.05) is 5.73 Å². The molecule has 0 aliphatic rings. The normalized spacial score (nSPS) is 11.3. The van der Waals surface area contributed by atoms with Gasteiger partial charge in [-0.25, -0.2) is 4.98 Å². The topological polar surface area (TPSA) is 65.8 Å². The molecule has 0 atom stereocenters. The smallest absolute Gasteiger partial charge is 0.254 e. The van der Waals surface area contributed by atoms with Gasteiger partial charge >= 0.3 is 0 Å². The summed E-state index contributed by atoms with van der Waals surface area (Å²) in [6.07, 6.45) is 3.59. The molecule has 0 spiro atoms. The quantitative estimate of drug-likeness (QED) is 0.296. The summed E-state index contributed by atoms with van der Waals surface area (Å²) in [5.41, 5.74) is 13.7. The number of fused-ring (bicyclic) bond motifs is 1. The number of hydrogen-bond acceptors (Lipinski definition) is 3. The third kappa shape index (κ3) is 3.49. The van der Waals surface area contributed by atoms with Crippen molar-refractivity contribution in [3.63, 3.8) is 0 Å². The standard InChI is InChI=1S/C27H22Cl2N4O/c1-15-24(16-5-4-6-17(28)11-16)26-22(33(3)27(15)34)10-9-20(19-8-7-18(29)12-21(19)30)25(26)23-13-31-14-32(23)2/h4-14H,30H2,1-3H3. The number of aryl methyl sites for hydroxylation is 2. The van der Waals surface area contributed by atoms with Crippen LogP contribution in [-0.2, 0) is 14.1 Å². The molecule has 2 aromatic heterocycles. The molecule has 0 bridgehead atoms. The molecule has 5 aromatic rings. The van der Waals surface area contributed by atoms with Crippen LogP contribution in [0.4, 0.5) is 5.69 Å². The summed E-state index contributed by atoms with van der Waals surface area (Å²) in [5.74, 6) is 0. The summed E-state index contributed by atoms with van der Waals surface area (Å²) in [7, 11) is 3.74. The predicted octanol–water partition coefficient (Wildman–Crippen LogP) is 6.47. The molecule has 0 aliphatic heterocycles. The van der Waals surface area contributed by atoms with Crippen LogP contribution in [0, 0.1) is 6.92 Å². The summed E-state index contributed by atoms with van der Waals surface area (Å²) in [4.78, 5) is 17.6. The molecule has 0 aliphatic carbocycles. The average molecular weight is 489 g/mol. The Kier molecular flexibility index (Phi) is 5.47. The van der Waals surface area contributed by atoms with E-state index in [4.69, 9.17) is 28.9 Å². The van der Waals surface area contributed by atoms with Crippen LogP contribution in [0.1, 0.15) is 5.56 Å². The number of nitrogens with two attached hydrogens (primary N) is 1. The van der Waals surface area contributed by atoms with Gasteiger partial charge in [0.15, 0.2) is 0 Å². The molecule has 0 saturated carbocycles. The Morgan fingerprint density at radius 1 is 0.912 bits per heavy atom. The molecule has 0 radical (unpaired) electrons. The van der Waals surface area contributed by atoms with Gasteiger partial charge in [-0.1, -0.05) is 47.5 Å². The molecular formula is C27H22Cl2N4O. The van der Waals surface area contributed by atoms with Crippen molar-refractivity contribution in [1.82, 2.24) is 14.1 Å². The molecule has 0 unspecified atom stereocenters. The second-order valence-electron chi connectivity index (χ2n) is 8.38. The Morgan fingerprint density at radius 3 is 2.32 bits per heavy atom. The van der Waals surface area contributed by atoms with Crippen LogP contribution in [0.15, 0.2) is 71.9 Å². The molecule has 3 aromatic carbocycles. The van der Waals surface area contributed by atoms with Gasteiger partial charge in [-0.05, 0) is 48.4 Å². The van der Waals surface area contributed by atoms with Crippen molar-refractivity contribution in [2.45, 2.75) is 6.92 Å². The highest BCUT2D eigenvalue weighted by atomic mass is 35.5. The fourth-order valence-corrected chi connectivity index (χ4v) is 5.02. The number of anilines is 1. The van der Waals surface area contributed by atoms with E-state index in [-0.39, 0.29) is 5.56 Å². The van der Waals surface area contributed by atoms with Gasteiger partial charge in [-0.3, -0.25) is 4.79 Å². The summed E-state index contributed by atoms with van der Waals surface area (Å²) < 4.78 is 3.65. The first-order valence-corrected chi connectivity index (χ1v) is 11.5. The first-order valence-electron chi connectivity index (χ1n) is 10.7. The van der Waals surface area contributed by atoms with E-state index in [1.54, 1.807) is 24.0 Å². The van der Waals surface area contributed by atoms with Crippen LogP contribution < -0.4 is 11.3 Å². The van der Waals surface area contributed by atoms with Crippen molar-refractivity contribution in [3.05, 3.63) is 93.1 Å². The molecule has 0 amide bonds. The van der Waals surface area contributed by atoms with Gasteiger partial charge in [0.05, 0.1) is 23.7 Å². The number of nitrogen functional groups attached to an aromatic ring is 1. The number of pyridine rings is 1. The summed E-state index contributed by atoms with van der Waals surface area (Å²) in [6.45, 7) is 1.86. The van der Waals surface area contributed by atoms with Crippen molar-refractivity contribution in [2.24, 2.45) is 14.1 Å². The minimum atomic E-state index is -0.0582. The number of hydrogen-bond donors (Lipinski definition) is 1. The zero-order valence-corrected chi connectivity index (χ0v) is 20.4. The lowest BCUT2D eigenvalue weighted by molar-refractivity contribution is 0.893. The summed E-state index contributed by atoms with van der Waals surface area (Å²) >= 11 is 12.6. The Morgan fingerprint density at radius 2 is 1.65 bits per heavy atom.